The number of amidine groups is 1. The molecule has 236 valence electrons. The van der Waals surface area contributed by atoms with E-state index in [0.29, 0.717) is 48.3 Å². The van der Waals surface area contributed by atoms with Gasteiger partial charge in [0.15, 0.2) is 5.17 Å². The number of nitrogens with zero attached hydrogens (tertiary/aromatic N) is 3. The number of carbonyl (C=O) groups excluding carboxylic acids is 2. The van der Waals surface area contributed by atoms with Crippen molar-refractivity contribution in [2.45, 2.75) is 37.8 Å². The van der Waals surface area contributed by atoms with Crippen LogP contribution < -0.4 is 19.7 Å². The van der Waals surface area contributed by atoms with Crippen LogP contribution in [0.2, 0.25) is 0 Å². The number of likely N-dealkylation sites (tertiary alicyclic amines) is 1. The largest absolute Gasteiger partial charge is 0.506 e. The van der Waals surface area contributed by atoms with Crippen LogP contribution in [0.4, 0.5) is 11.4 Å². The van der Waals surface area contributed by atoms with Gasteiger partial charge in [-0.05, 0) is 60.5 Å². The lowest BCUT2D eigenvalue weighted by Crippen LogP contribution is -2.45. The van der Waals surface area contributed by atoms with E-state index in [0.717, 1.165) is 43.4 Å². The van der Waals surface area contributed by atoms with Crippen molar-refractivity contribution in [3.63, 3.8) is 0 Å². The van der Waals surface area contributed by atoms with Gasteiger partial charge in [0, 0.05) is 63.4 Å². The molecule has 12 nitrogen and oxygen atoms in total. The van der Waals surface area contributed by atoms with Gasteiger partial charge in [-0.15, -0.1) is 0 Å². The quantitative estimate of drug-likeness (QED) is 0.222. The van der Waals surface area contributed by atoms with Crippen LogP contribution in [-0.4, -0.2) is 98.1 Å². The summed E-state index contributed by atoms with van der Waals surface area (Å²) in [7, 11) is -3.52. The molecule has 5 rings (SSSR count). The van der Waals surface area contributed by atoms with E-state index in [4.69, 9.17) is 4.74 Å². The van der Waals surface area contributed by atoms with E-state index in [2.05, 4.69) is 32.1 Å². The molecule has 0 radical (unpaired) electrons. The second-order valence-corrected chi connectivity index (χ2v) is 13.9. The highest BCUT2D eigenvalue weighted by Crippen LogP contribution is 2.32. The maximum Gasteiger partial charge on any atom is 0.286 e. The SMILES string of the molecule is CS(=O)(=O)Nc1ccc(OCC(O)CNC2CCN(c3ccc(/C=C4\SC(N5CCC(=O)CC5)=NC4=O)cc3)CC2)cc1O. The molecular formula is C30H37N5O7S2. The molecule has 3 heterocycles. The standard InChI is InChI=1S/C30H37N5O7S2/c1-44(40,41)33-26-7-6-25(17-27(26)38)42-19-24(37)18-31-21-8-12-34(13-9-21)22-4-2-20(3-5-22)16-28-29(39)32-30(43-28)35-14-10-23(36)11-15-35/h2-7,16-17,21,24,31,33,37-38H,8-15,18-19H2,1H3/b28-16-. The Kier molecular flexibility index (Phi) is 10.1. The third-order valence-electron chi connectivity index (χ3n) is 7.60. The number of sulfonamides is 1. The first kappa shape index (κ1) is 31.8. The number of aliphatic hydroxyl groups excluding tert-OH is 1. The number of rotatable bonds is 10. The number of phenolic OH excluding ortho intramolecular Hbond substituents is 1. The summed E-state index contributed by atoms with van der Waals surface area (Å²) in [6, 6.07) is 12.6. The second-order valence-electron chi connectivity index (χ2n) is 11.1. The third-order valence-corrected chi connectivity index (χ3v) is 9.24. The molecule has 2 aromatic carbocycles. The molecular weight excluding hydrogens is 606 g/mol. The fourth-order valence-electron chi connectivity index (χ4n) is 5.20. The van der Waals surface area contributed by atoms with E-state index in [-0.39, 0.29) is 35.8 Å². The number of carbonyl (C=O) groups is 2. The van der Waals surface area contributed by atoms with E-state index in [1.807, 2.05) is 23.1 Å². The van der Waals surface area contributed by atoms with Crippen molar-refractivity contribution < 1.29 is 33.0 Å². The number of Topliss-reactive ketones (excluding diaryl/α,β-unsaturated/α-hetero) is 1. The average Bonchev–Trinajstić information content (AvgIpc) is 3.36. The summed E-state index contributed by atoms with van der Waals surface area (Å²) < 4.78 is 30.5. The number of hydrogen-bond acceptors (Lipinski definition) is 11. The van der Waals surface area contributed by atoms with Crippen molar-refractivity contribution in [1.29, 1.82) is 0 Å². The van der Waals surface area contributed by atoms with Crippen molar-refractivity contribution in [3.05, 3.63) is 52.9 Å². The molecule has 3 aliphatic rings. The Morgan fingerprint density at radius 2 is 1.77 bits per heavy atom. The average molecular weight is 644 g/mol. The maximum absolute atomic E-state index is 12.5. The summed E-state index contributed by atoms with van der Waals surface area (Å²) in [4.78, 5) is 33.1. The van der Waals surface area contributed by atoms with E-state index < -0.39 is 16.1 Å². The minimum absolute atomic E-state index is 0.0173. The molecule has 4 N–H and O–H groups in total. The van der Waals surface area contributed by atoms with Gasteiger partial charge in [-0.3, -0.25) is 14.3 Å². The highest BCUT2D eigenvalue weighted by atomic mass is 32.2. The minimum atomic E-state index is -3.52. The summed E-state index contributed by atoms with van der Waals surface area (Å²) >= 11 is 1.37. The molecule has 1 amide bonds. The summed E-state index contributed by atoms with van der Waals surface area (Å²) in [5.41, 5.74) is 2.10. The normalized spacial score (nSPS) is 19.8. The van der Waals surface area contributed by atoms with Crippen LogP contribution in [0.15, 0.2) is 52.4 Å². The first-order valence-electron chi connectivity index (χ1n) is 14.5. The Balaban J connectivity index is 1.03. The highest BCUT2D eigenvalue weighted by Gasteiger charge is 2.28. The fraction of sp³-hybridized carbons (Fsp3) is 0.433. The number of piperidine rings is 2. The molecule has 0 aromatic heterocycles. The molecule has 1 atom stereocenters. The number of amides is 1. The number of hydrogen-bond donors (Lipinski definition) is 4. The molecule has 2 fully saturated rings. The van der Waals surface area contributed by atoms with Crippen molar-refractivity contribution in [2.24, 2.45) is 4.99 Å². The molecule has 3 aliphatic heterocycles. The zero-order chi connectivity index (χ0) is 31.3. The van der Waals surface area contributed by atoms with Crippen molar-refractivity contribution in [2.75, 3.05) is 55.2 Å². The zero-order valence-electron chi connectivity index (χ0n) is 24.4. The summed E-state index contributed by atoms with van der Waals surface area (Å²) in [5, 5.41) is 24.5. The topological polar surface area (TPSA) is 161 Å². The lowest BCUT2D eigenvalue weighted by Gasteiger charge is -2.34. The van der Waals surface area contributed by atoms with Crippen LogP contribution >= 0.6 is 11.8 Å². The number of aromatic hydroxyl groups is 1. The van der Waals surface area contributed by atoms with Crippen molar-refractivity contribution >= 4 is 56.1 Å². The fourth-order valence-corrected chi connectivity index (χ4v) is 6.73. The monoisotopic (exact) mass is 643 g/mol. The number of aliphatic imine (C=N–C) groups is 1. The Morgan fingerprint density at radius 3 is 2.43 bits per heavy atom. The Hall–Kier alpha value is -3.59. The van der Waals surface area contributed by atoms with Gasteiger partial charge in [0.2, 0.25) is 10.0 Å². The van der Waals surface area contributed by atoms with Crippen LogP contribution in [0.1, 0.15) is 31.2 Å². The number of thioether (sulfide) groups is 1. The van der Waals surface area contributed by atoms with Gasteiger partial charge in [-0.1, -0.05) is 12.1 Å². The number of anilines is 2. The van der Waals surface area contributed by atoms with Gasteiger partial charge in [0.25, 0.3) is 5.91 Å². The molecule has 0 spiro atoms. The molecule has 2 aromatic rings. The van der Waals surface area contributed by atoms with Gasteiger partial charge in [-0.2, -0.15) is 4.99 Å². The smallest absolute Gasteiger partial charge is 0.286 e. The summed E-state index contributed by atoms with van der Waals surface area (Å²) in [6.07, 6.45) is 4.92. The van der Waals surface area contributed by atoms with E-state index in [9.17, 15) is 28.2 Å². The summed E-state index contributed by atoms with van der Waals surface area (Å²) in [6.45, 7) is 3.31. The van der Waals surface area contributed by atoms with Gasteiger partial charge < -0.3 is 30.1 Å². The molecule has 0 aliphatic carbocycles. The Bertz CT molecular complexity index is 1530. The first-order valence-corrected chi connectivity index (χ1v) is 17.2. The number of benzene rings is 2. The number of nitrogens with one attached hydrogen (secondary N) is 2. The van der Waals surface area contributed by atoms with Gasteiger partial charge in [-0.25, -0.2) is 8.42 Å². The summed E-state index contributed by atoms with van der Waals surface area (Å²) in [5.74, 6) is 0.0664. The van der Waals surface area contributed by atoms with Crippen LogP contribution in [0.3, 0.4) is 0 Å². The molecule has 44 heavy (non-hydrogen) atoms. The lowest BCUT2D eigenvalue weighted by atomic mass is 10.0. The van der Waals surface area contributed by atoms with Crippen molar-refractivity contribution in [3.8, 4) is 11.5 Å². The Morgan fingerprint density at radius 1 is 1.07 bits per heavy atom. The first-order chi connectivity index (χ1) is 21.0. The number of aliphatic hydroxyl groups is 1. The predicted molar refractivity (Wildman–Crippen MR) is 172 cm³/mol. The third kappa shape index (κ3) is 8.74. The molecule has 2 saturated heterocycles. The van der Waals surface area contributed by atoms with Gasteiger partial charge in [0.1, 0.15) is 30.0 Å². The minimum Gasteiger partial charge on any atom is -0.506 e. The van der Waals surface area contributed by atoms with E-state index in [1.54, 1.807) is 0 Å². The van der Waals surface area contributed by atoms with E-state index in [1.165, 1.54) is 30.0 Å². The zero-order valence-corrected chi connectivity index (χ0v) is 26.1. The second kappa shape index (κ2) is 14.0. The van der Waals surface area contributed by atoms with Crippen LogP contribution in [0, 0.1) is 0 Å². The highest BCUT2D eigenvalue weighted by molar-refractivity contribution is 8.18. The van der Waals surface area contributed by atoms with E-state index >= 15 is 0 Å². The number of ketones is 1. The maximum atomic E-state index is 12.5. The van der Waals surface area contributed by atoms with Crippen LogP contribution in [-0.2, 0) is 19.6 Å². The lowest BCUT2D eigenvalue weighted by molar-refractivity contribution is -0.120. The molecule has 0 bridgehead atoms. The molecule has 14 heteroatoms. The van der Waals surface area contributed by atoms with Crippen LogP contribution in [0.5, 0.6) is 11.5 Å². The van der Waals surface area contributed by atoms with Crippen LogP contribution in [0.25, 0.3) is 6.08 Å². The predicted octanol–water partition coefficient (Wildman–Crippen LogP) is 2.40. The number of ether oxygens (including phenoxy) is 1. The van der Waals surface area contributed by atoms with Gasteiger partial charge >= 0.3 is 0 Å². The molecule has 0 saturated carbocycles. The Labute approximate surface area is 261 Å². The van der Waals surface area contributed by atoms with Crippen molar-refractivity contribution in [1.82, 2.24) is 10.2 Å². The van der Waals surface area contributed by atoms with Gasteiger partial charge in [0.05, 0.1) is 16.8 Å². The number of phenols is 1. The molecule has 1 unspecified atom stereocenters.